The lowest BCUT2D eigenvalue weighted by atomic mass is 9.91. The lowest BCUT2D eigenvalue weighted by molar-refractivity contribution is 0.0204. The van der Waals surface area contributed by atoms with Crippen molar-refractivity contribution < 1.29 is 14.6 Å². The number of anilines is 1. The fraction of sp³-hybridized carbons (Fsp3) is 0.550. The molecule has 2 aromatic rings. The molecule has 27 heavy (non-hydrogen) atoms. The van der Waals surface area contributed by atoms with Gasteiger partial charge in [-0.3, -0.25) is 0 Å². The number of carbonyl (C=O) groups excluding carboxylic acids is 1. The Bertz CT molecular complexity index is 795. The molecule has 0 unspecified atom stereocenters. The summed E-state index contributed by atoms with van der Waals surface area (Å²) in [6.45, 7) is 7.58. The molecule has 7 heteroatoms. The first-order valence-electron chi connectivity index (χ1n) is 9.45. The van der Waals surface area contributed by atoms with Gasteiger partial charge in [0.25, 0.3) is 0 Å². The molecule has 1 fully saturated rings. The summed E-state index contributed by atoms with van der Waals surface area (Å²) in [6, 6.07) is 6.00. The van der Waals surface area contributed by atoms with Crippen LogP contribution in [-0.4, -0.2) is 57.9 Å². The highest BCUT2D eigenvalue weighted by atomic mass is 16.6. The van der Waals surface area contributed by atoms with Gasteiger partial charge in [-0.2, -0.15) is 0 Å². The molecule has 0 atom stereocenters. The number of carbonyl (C=O) groups is 1. The molecule has 0 aliphatic carbocycles. The predicted octanol–water partition coefficient (Wildman–Crippen LogP) is 3.15. The molecular weight excluding hydrogens is 344 g/mol. The number of amides is 1. The highest BCUT2D eigenvalue weighted by molar-refractivity contribution is 5.84. The molecule has 0 radical (unpaired) electrons. The summed E-state index contributed by atoms with van der Waals surface area (Å²) in [5.74, 6) is 0.297. The van der Waals surface area contributed by atoms with Crippen LogP contribution < -0.4 is 5.32 Å². The van der Waals surface area contributed by atoms with Gasteiger partial charge in [-0.05, 0) is 51.8 Å². The van der Waals surface area contributed by atoms with E-state index >= 15 is 0 Å². The summed E-state index contributed by atoms with van der Waals surface area (Å²) < 4.78 is 5.47. The van der Waals surface area contributed by atoms with E-state index in [0.29, 0.717) is 25.6 Å². The van der Waals surface area contributed by atoms with Gasteiger partial charge in [0.2, 0.25) is 0 Å². The van der Waals surface area contributed by atoms with Crippen molar-refractivity contribution in [2.24, 2.45) is 0 Å². The molecular formula is C20H28N4O3. The SMILES string of the molecule is CC(C)(C)OC(=O)N1CCC(c2ncnc3cc(NCCO)ccc23)CC1. The number of nitrogens with zero attached hydrogens (tertiary/aromatic N) is 3. The predicted molar refractivity (Wildman–Crippen MR) is 105 cm³/mol. The number of aliphatic hydroxyl groups excluding tert-OH is 1. The summed E-state index contributed by atoms with van der Waals surface area (Å²) >= 11 is 0. The van der Waals surface area contributed by atoms with E-state index in [2.05, 4.69) is 15.3 Å². The second kappa shape index (κ2) is 8.08. The Morgan fingerprint density at radius 3 is 2.70 bits per heavy atom. The smallest absolute Gasteiger partial charge is 0.410 e. The highest BCUT2D eigenvalue weighted by Gasteiger charge is 2.28. The van der Waals surface area contributed by atoms with Gasteiger partial charge in [-0.15, -0.1) is 0 Å². The van der Waals surface area contributed by atoms with E-state index in [-0.39, 0.29) is 12.7 Å². The standard InChI is InChI=1S/C20H28N4O3/c1-20(2,3)27-19(26)24-9-6-14(7-10-24)18-16-5-4-15(21-8-11-25)12-17(16)22-13-23-18/h4-5,12-14,21,25H,6-11H2,1-3H3. The topological polar surface area (TPSA) is 87.6 Å². The maximum absolute atomic E-state index is 12.2. The van der Waals surface area contributed by atoms with Crippen molar-refractivity contribution in [3.63, 3.8) is 0 Å². The van der Waals surface area contributed by atoms with E-state index in [1.807, 2.05) is 39.0 Å². The number of aromatic nitrogens is 2. The van der Waals surface area contributed by atoms with E-state index in [1.165, 1.54) is 0 Å². The Labute approximate surface area is 159 Å². The van der Waals surface area contributed by atoms with Crippen LogP contribution in [0.5, 0.6) is 0 Å². The zero-order valence-corrected chi connectivity index (χ0v) is 16.2. The molecule has 1 amide bonds. The zero-order valence-electron chi connectivity index (χ0n) is 16.2. The van der Waals surface area contributed by atoms with Gasteiger partial charge in [0.15, 0.2) is 0 Å². The lowest BCUT2D eigenvalue weighted by Gasteiger charge is -2.33. The molecule has 1 aliphatic heterocycles. The number of piperidine rings is 1. The van der Waals surface area contributed by atoms with Gasteiger partial charge in [0.05, 0.1) is 17.8 Å². The van der Waals surface area contributed by atoms with Crippen LogP contribution in [0.25, 0.3) is 10.9 Å². The number of likely N-dealkylation sites (tertiary alicyclic amines) is 1. The number of hydrogen-bond donors (Lipinski definition) is 2. The third kappa shape index (κ3) is 4.86. The highest BCUT2D eigenvalue weighted by Crippen LogP contribution is 2.32. The molecule has 2 heterocycles. The largest absolute Gasteiger partial charge is 0.444 e. The van der Waals surface area contributed by atoms with Crippen molar-refractivity contribution in [2.75, 3.05) is 31.6 Å². The number of rotatable bonds is 4. The Balaban J connectivity index is 1.71. The third-order valence-electron chi connectivity index (χ3n) is 4.64. The van der Waals surface area contributed by atoms with Gasteiger partial charge >= 0.3 is 6.09 Å². The Hall–Kier alpha value is -2.41. The molecule has 3 rings (SSSR count). The van der Waals surface area contributed by atoms with Gasteiger partial charge in [-0.1, -0.05) is 0 Å². The van der Waals surface area contributed by atoms with Crippen LogP contribution in [0.3, 0.4) is 0 Å². The van der Waals surface area contributed by atoms with Gasteiger partial charge in [0.1, 0.15) is 11.9 Å². The maximum atomic E-state index is 12.2. The third-order valence-corrected chi connectivity index (χ3v) is 4.64. The van der Waals surface area contributed by atoms with Crippen LogP contribution in [0.1, 0.15) is 45.2 Å². The molecule has 0 bridgehead atoms. The van der Waals surface area contributed by atoms with Gasteiger partial charge in [-0.25, -0.2) is 14.8 Å². The Morgan fingerprint density at radius 1 is 1.30 bits per heavy atom. The first-order chi connectivity index (χ1) is 12.9. The Kier molecular flexibility index (Phi) is 5.79. The van der Waals surface area contributed by atoms with E-state index in [0.717, 1.165) is 35.1 Å². The average Bonchev–Trinajstić information content (AvgIpc) is 2.64. The van der Waals surface area contributed by atoms with Crippen LogP contribution >= 0.6 is 0 Å². The van der Waals surface area contributed by atoms with Crippen LogP contribution in [-0.2, 0) is 4.74 Å². The number of fused-ring (bicyclic) bond motifs is 1. The van der Waals surface area contributed by atoms with Crippen LogP contribution in [0.4, 0.5) is 10.5 Å². The van der Waals surface area contributed by atoms with Crippen LogP contribution in [0.15, 0.2) is 24.5 Å². The molecule has 146 valence electrons. The first-order valence-corrected chi connectivity index (χ1v) is 9.45. The molecule has 0 saturated carbocycles. The number of hydrogen-bond acceptors (Lipinski definition) is 6. The molecule has 0 spiro atoms. The molecule has 1 aromatic carbocycles. The fourth-order valence-electron chi connectivity index (χ4n) is 3.38. The molecule has 2 N–H and O–H groups in total. The number of ether oxygens (including phenoxy) is 1. The second-order valence-corrected chi connectivity index (χ2v) is 7.88. The maximum Gasteiger partial charge on any atom is 0.410 e. The van der Waals surface area contributed by atoms with Crippen molar-refractivity contribution >= 4 is 22.7 Å². The summed E-state index contributed by atoms with van der Waals surface area (Å²) in [5, 5.41) is 13.2. The molecule has 1 aliphatic rings. The van der Waals surface area contributed by atoms with E-state index in [1.54, 1.807) is 11.2 Å². The van der Waals surface area contributed by atoms with Crippen LogP contribution in [0.2, 0.25) is 0 Å². The van der Waals surface area contributed by atoms with E-state index in [4.69, 9.17) is 9.84 Å². The molecule has 7 nitrogen and oxygen atoms in total. The van der Waals surface area contributed by atoms with E-state index < -0.39 is 5.60 Å². The monoisotopic (exact) mass is 372 g/mol. The average molecular weight is 372 g/mol. The lowest BCUT2D eigenvalue weighted by Crippen LogP contribution is -2.41. The minimum absolute atomic E-state index is 0.0866. The number of benzene rings is 1. The minimum Gasteiger partial charge on any atom is -0.444 e. The minimum atomic E-state index is -0.474. The van der Waals surface area contributed by atoms with Gasteiger partial charge < -0.3 is 20.1 Å². The van der Waals surface area contributed by atoms with Crippen LogP contribution in [0, 0.1) is 0 Å². The van der Waals surface area contributed by atoms with Gasteiger partial charge in [0, 0.05) is 36.6 Å². The van der Waals surface area contributed by atoms with Crippen molar-refractivity contribution in [3.8, 4) is 0 Å². The van der Waals surface area contributed by atoms with E-state index in [9.17, 15) is 4.79 Å². The summed E-state index contributed by atoms with van der Waals surface area (Å²) in [7, 11) is 0. The second-order valence-electron chi connectivity index (χ2n) is 7.88. The van der Waals surface area contributed by atoms with Crippen molar-refractivity contribution in [1.29, 1.82) is 0 Å². The molecule has 1 aromatic heterocycles. The first kappa shape index (κ1) is 19.4. The van der Waals surface area contributed by atoms with Crippen molar-refractivity contribution in [2.45, 2.75) is 45.1 Å². The zero-order chi connectivity index (χ0) is 19.4. The molecule has 1 saturated heterocycles. The Morgan fingerprint density at radius 2 is 2.04 bits per heavy atom. The summed E-state index contributed by atoms with van der Waals surface area (Å²) in [6.07, 6.45) is 3.08. The van der Waals surface area contributed by atoms with Crippen molar-refractivity contribution in [3.05, 3.63) is 30.2 Å². The summed E-state index contributed by atoms with van der Waals surface area (Å²) in [5.41, 5.74) is 2.38. The number of nitrogens with one attached hydrogen (secondary N) is 1. The quantitative estimate of drug-likeness (QED) is 0.857. The van der Waals surface area contributed by atoms with Crippen molar-refractivity contribution in [1.82, 2.24) is 14.9 Å². The number of aliphatic hydroxyl groups is 1. The fourth-order valence-corrected chi connectivity index (χ4v) is 3.38. The normalized spacial score (nSPS) is 15.8. The summed E-state index contributed by atoms with van der Waals surface area (Å²) in [4.78, 5) is 23.0.